The minimum Gasteiger partial charge on any atom is -0.396 e. The average Bonchev–Trinajstić information content (AvgIpc) is 2.74. The Morgan fingerprint density at radius 3 is 2.88 bits per heavy atom. The Balaban J connectivity index is 2.53. The summed E-state index contributed by atoms with van der Waals surface area (Å²) in [5, 5.41) is 14.0. The first kappa shape index (κ1) is 13.1. The third kappa shape index (κ3) is 3.55. The molecule has 2 atom stereocenters. The lowest BCUT2D eigenvalue weighted by Crippen LogP contribution is -2.29. The van der Waals surface area contributed by atoms with E-state index in [0.717, 1.165) is 5.01 Å². The zero-order valence-electron chi connectivity index (χ0n) is 9.43. The quantitative estimate of drug-likeness (QED) is 0.703. The van der Waals surface area contributed by atoms with Crippen molar-refractivity contribution in [3.05, 3.63) is 16.1 Å². The van der Waals surface area contributed by atoms with E-state index in [-0.39, 0.29) is 24.5 Å². The maximum Gasteiger partial charge on any atom is 0.270 e. The van der Waals surface area contributed by atoms with Crippen LogP contribution in [-0.2, 0) is 0 Å². The van der Waals surface area contributed by atoms with Crippen LogP contribution in [0.15, 0.2) is 5.38 Å². The van der Waals surface area contributed by atoms with Gasteiger partial charge in [0, 0.05) is 18.5 Å². The van der Waals surface area contributed by atoms with Crippen LogP contribution in [0.4, 0.5) is 0 Å². The number of carbonyl (C=O) groups is 1. The molecular formula is C10H17N3O2S. The van der Waals surface area contributed by atoms with Gasteiger partial charge in [-0.1, -0.05) is 6.92 Å². The van der Waals surface area contributed by atoms with Gasteiger partial charge in [0.15, 0.2) is 0 Å². The predicted octanol–water partition coefficient (Wildman–Crippen LogP) is 0.521. The van der Waals surface area contributed by atoms with Gasteiger partial charge in [-0.25, -0.2) is 4.98 Å². The summed E-state index contributed by atoms with van der Waals surface area (Å²) < 4.78 is 0. The molecule has 1 aromatic rings. The molecule has 0 saturated heterocycles. The molecule has 1 heterocycles. The lowest BCUT2D eigenvalue weighted by molar-refractivity contribution is 0.0938. The molecule has 0 aliphatic rings. The summed E-state index contributed by atoms with van der Waals surface area (Å²) in [5.41, 5.74) is 6.05. The van der Waals surface area contributed by atoms with Crippen molar-refractivity contribution >= 4 is 17.2 Å². The monoisotopic (exact) mass is 243 g/mol. The minimum absolute atomic E-state index is 0.0514. The molecule has 5 nitrogen and oxygen atoms in total. The van der Waals surface area contributed by atoms with Gasteiger partial charge in [-0.05, 0) is 12.8 Å². The Labute approximate surface area is 98.7 Å². The topological polar surface area (TPSA) is 88.2 Å². The summed E-state index contributed by atoms with van der Waals surface area (Å²) in [6, 6.07) is -0.150. The van der Waals surface area contributed by atoms with E-state index >= 15 is 0 Å². The van der Waals surface area contributed by atoms with Gasteiger partial charge >= 0.3 is 0 Å². The van der Waals surface area contributed by atoms with Crippen LogP contribution in [0.1, 0.15) is 35.4 Å². The molecule has 16 heavy (non-hydrogen) atoms. The van der Waals surface area contributed by atoms with Crippen molar-refractivity contribution in [1.29, 1.82) is 0 Å². The maximum absolute atomic E-state index is 11.6. The summed E-state index contributed by atoms with van der Waals surface area (Å²) in [6.07, 6.45) is 0. The van der Waals surface area contributed by atoms with E-state index in [1.165, 1.54) is 11.3 Å². The zero-order valence-corrected chi connectivity index (χ0v) is 10.3. The van der Waals surface area contributed by atoms with Crippen molar-refractivity contribution in [2.24, 2.45) is 11.7 Å². The molecule has 0 bridgehead atoms. The largest absolute Gasteiger partial charge is 0.396 e. The number of rotatable bonds is 5. The van der Waals surface area contributed by atoms with Crippen molar-refractivity contribution in [3.8, 4) is 0 Å². The normalized spacial score (nSPS) is 14.5. The van der Waals surface area contributed by atoms with Gasteiger partial charge in [0.25, 0.3) is 5.91 Å². The van der Waals surface area contributed by atoms with Crippen LogP contribution >= 0.6 is 11.3 Å². The first-order chi connectivity index (χ1) is 7.54. The molecule has 0 spiro atoms. The van der Waals surface area contributed by atoms with Crippen LogP contribution in [0.3, 0.4) is 0 Å². The van der Waals surface area contributed by atoms with E-state index in [1.54, 1.807) is 5.38 Å². The van der Waals surface area contributed by atoms with Crippen LogP contribution in [0, 0.1) is 5.92 Å². The van der Waals surface area contributed by atoms with E-state index in [4.69, 9.17) is 10.8 Å². The van der Waals surface area contributed by atoms with Gasteiger partial charge in [0.1, 0.15) is 10.7 Å². The summed E-state index contributed by atoms with van der Waals surface area (Å²) in [7, 11) is 0. The number of amides is 1. The van der Waals surface area contributed by atoms with Crippen molar-refractivity contribution in [2.75, 3.05) is 13.2 Å². The standard InChI is InChI=1S/C10H17N3O2S/c1-6(4-14)3-12-9(15)8-5-16-10(13-8)7(2)11/h5-7,14H,3-4,11H2,1-2H3,(H,12,15). The molecule has 6 heteroatoms. The number of hydrogen-bond acceptors (Lipinski definition) is 5. The second-order valence-corrected chi connectivity index (χ2v) is 4.75. The molecule has 0 aromatic carbocycles. The SMILES string of the molecule is CC(CO)CNC(=O)c1csc(C(C)N)n1. The molecule has 0 aliphatic heterocycles. The molecule has 4 N–H and O–H groups in total. The van der Waals surface area contributed by atoms with Crippen LogP contribution in [-0.4, -0.2) is 29.1 Å². The van der Waals surface area contributed by atoms with Gasteiger partial charge in [-0.2, -0.15) is 0 Å². The average molecular weight is 243 g/mol. The summed E-state index contributed by atoms with van der Waals surface area (Å²) in [5.74, 6) is -0.168. The van der Waals surface area contributed by atoms with Crippen molar-refractivity contribution in [3.63, 3.8) is 0 Å². The Kier molecular flexibility index (Phi) is 4.85. The predicted molar refractivity (Wildman–Crippen MR) is 63.3 cm³/mol. The van der Waals surface area contributed by atoms with E-state index in [2.05, 4.69) is 10.3 Å². The van der Waals surface area contributed by atoms with Gasteiger partial charge < -0.3 is 16.2 Å². The molecule has 0 aliphatic carbocycles. The number of aliphatic hydroxyl groups is 1. The highest BCUT2D eigenvalue weighted by Crippen LogP contribution is 2.15. The van der Waals surface area contributed by atoms with E-state index < -0.39 is 0 Å². The third-order valence-electron chi connectivity index (χ3n) is 2.07. The Morgan fingerprint density at radius 2 is 2.38 bits per heavy atom. The minimum atomic E-state index is -0.219. The smallest absolute Gasteiger partial charge is 0.270 e. The summed E-state index contributed by atoms with van der Waals surface area (Å²) in [6.45, 7) is 4.19. The lowest BCUT2D eigenvalue weighted by atomic mass is 10.2. The molecule has 1 aromatic heterocycles. The van der Waals surface area contributed by atoms with Crippen LogP contribution < -0.4 is 11.1 Å². The van der Waals surface area contributed by atoms with Crippen LogP contribution in [0.2, 0.25) is 0 Å². The Bertz CT molecular complexity index is 352. The molecule has 1 amide bonds. The van der Waals surface area contributed by atoms with Gasteiger partial charge in [-0.15, -0.1) is 11.3 Å². The number of thiazole rings is 1. The van der Waals surface area contributed by atoms with Crippen molar-refractivity contribution in [2.45, 2.75) is 19.9 Å². The first-order valence-corrected chi connectivity index (χ1v) is 6.02. The fourth-order valence-electron chi connectivity index (χ4n) is 1.02. The number of carbonyl (C=O) groups excluding carboxylic acids is 1. The second-order valence-electron chi connectivity index (χ2n) is 3.86. The van der Waals surface area contributed by atoms with Crippen LogP contribution in [0.25, 0.3) is 0 Å². The first-order valence-electron chi connectivity index (χ1n) is 5.14. The summed E-state index contributed by atoms with van der Waals surface area (Å²) in [4.78, 5) is 15.7. The second kappa shape index (κ2) is 5.93. The lowest BCUT2D eigenvalue weighted by Gasteiger charge is -2.08. The number of aromatic nitrogens is 1. The molecule has 0 saturated carbocycles. The Morgan fingerprint density at radius 1 is 1.69 bits per heavy atom. The highest BCUT2D eigenvalue weighted by atomic mass is 32.1. The molecule has 1 rings (SSSR count). The molecule has 0 fully saturated rings. The number of nitrogens with one attached hydrogen (secondary N) is 1. The maximum atomic E-state index is 11.6. The number of hydrogen-bond donors (Lipinski definition) is 3. The highest BCUT2D eigenvalue weighted by Gasteiger charge is 2.13. The molecular weight excluding hydrogens is 226 g/mol. The highest BCUT2D eigenvalue weighted by molar-refractivity contribution is 7.09. The zero-order chi connectivity index (χ0) is 12.1. The van der Waals surface area contributed by atoms with E-state index in [0.29, 0.717) is 12.2 Å². The molecule has 2 unspecified atom stereocenters. The summed E-state index contributed by atoms with van der Waals surface area (Å²) >= 11 is 1.38. The molecule has 0 radical (unpaired) electrons. The van der Waals surface area contributed by atoms with Crippen LogP contribution in [0.5, 0.6) is 0 Å². The van der Waals surface area contributed by atoms with Gasteiger partial charge in [-0.3, -0.25) is 4.79 Å². The fourth-order valence-corrected chi connectivity index (χ4v) is 1.78. The van der Waals surface area contributed by atoms with E-state index in [9.17, 15) is 4.79 Å². The van der Waals surface area contributed by atoms with E-state index in [1.807, 2.05) is 13.8 Å². The Hall–Kier alpha value is -0.980. The van der Waals surface area contributed by atoms with Crippen molar-refractivity contribution < 1.29 is 9.90 Å². The van der Waals surface area contributed by atoms with Gasteiger partial charge in [0.05, 0.1) is 6.04 Å². The van der Waals surface area contributed by atoms with Gasteiger partial charge in [0.2, 0.25) is 0 Å². The number of aliphatic hydroxyl groups excluding tert-OH is 1. The third-order valence-corrected chi connectivity index (χ3v) is 3.11. The number of nitrogens with zero attached hydrogens (tertiary/aromatic N) is 1. The molecule has 90 valence electrons. The number of nitrogens with two attached hydrogens (primary N) is 1. The van der Waals surface area contributed by atoms with Crippen molar-refractivity contribution in [1.82, 2.24) is 10.3 Å². The fraction of sp³-hybridized carbons (Fsp3) is 0.600.